The van der Waals surface area contributed by atoms with Crippen LogP contribution in [0.4, 0.5) is 0 Å². The van der Waals surface area contributed by atoms with Crippen LogP contribution in [0.15, 0.2) is 42.7 Å². The maximum Gasteiger partial charge on any atom is 0.231 e. The molecule has 2 heterocycles. The number of H-pyrrole nitrogens is 1. The Morgan fingerprint density at radius 3 is 2.77 bits per heavy atom. The summed E-state index contributed by atoms with van der Waals surface area (Å²) in [5, 5.41) is 1.21. The summed E-state index contributed by atoms with van der Waals surface area (Å²) in [7, 11) is 0. The second-order valence-electron chi connectivity index (χ2n) is 4.82. The molecule has 2 aromatic carbocycles. The predicted molar refractivity (Wildman–Crippen MR) is 85.6 cm³/mol. The molecule has 1 aliphatic rings. The van der Waals surface area contributed by atoms with Gasteiger partial charge < -0.3 is 14.5 Å². The minimum absolute atomic E-state index is 0.245. The molecule has 110 valence electrons. The first kappa shape index (κ1) is 13.5. The Hall–Kier alpha value is -2.17. The van der Waals surface area contributed by atoms with E-state index in [4.69, 9.17) is 32.7 Å². The Morgan fingerprint density at radius 1 is 1.00 bits per heavy atom. The van der Waals surface area contributed by atoms with Crippen LogP contribution in [0.5, 0.6) is 11.5 Å². The van der Waals surface area contributed by atoms with Crippen LogP contribution >= 0.6 is 23.2 Å². The maximum absolute atomic E-state index is 6.28. The highest BCUT2D eigenvalue weighted by atomic mass is 35.5. The highest BCUT2D eigenvalue weighted by Crippen LogP contribution is 2.39. The van der Waals surface area contributed by atoms with Crippen LogP contribution in [0.25, 0.3) is 22.5 Å². The SMILES string of the molecule is Clc1ccc(Cl)c(-c2nc[nH]c2-c2ccc3c(c2)OCO3)c1. The average Bonchev–Trinajstić information content (AvgIpc) is 3.17. The van der Waals surface area contributed by atoms with Crippen molar-refractivity contribution in [3.8, 4) is 34.0 Å². The van der Waals surface area contributed by atoms with Crippen LogP contribution in [0.1, 0.15) is 0 Å². The molecule has 0 aliphatic carbocycles. The van der Waals surface area contributed by atoms with E-state index in [0.717, 1.165) is 34.0 Å². The quantitative estimate of drug-likeness (QED) is 0.734. The molecule has 1 N–H and O–H groups in total. The summed E-state index contributed by atoms with van der Waals surface area (Å²) in [4.78, 5) is 7.54. The Morgan fingerprint density at radius 2 is 1.86 bits per heavy atom. The van der Waals surface area contributed by atoms with Gasteiger partial charge in [0.05, 0.1) is 22.7 Å². The van der Waals surface area contributed by atoms with Gasteiger partial charge in [-0.05, 0) is 36.4 Å². The van der Waals surface area contributed by atoms with Gasteiger partial charge in [0.2, 0.25) is 6.79 Å². The molecule has 4 nitrogen and oxygen atoms in total. The zero-order chi connectivity index (χ0) is 15.1. The van der Waals surface area contributed by atoms with Gasteiger partial charge in [-0.2, -0.15) is 0 Å². The van der Waals surface area contributed by atoms with Gasteiger partial charge in [-0.15, -0.1) is 0 Å². The molecule has 4 rings (SSSR count). The number of aromatic amines is 1. The first-order valence-corrected chi connectivity index (χ1v) is 7.37. The third kappa shape index (κ3) is 2.21. The van der Waals surface area contributed by atoms with Gasteiger partial charge in [0.15, 0.2) is 11.5 Å². The lowest BCUT2D eigenvalue weighted by Crippen LogP contribution is -1.92. The lowest BCUT2D eigenvalue weighted by molar-refractivity contribution is 0.174. The maximum atomic E-state index is 6.28. The monoisotopic (exact) mass is 332 g/mol. The molecule has 22 heavy (non-hydrogen) atoms. The van der Waals surface area contributed by atoms with Crippen molar-refractivity contribution in [2.24, 2.45) is 0 Å². The number of hydrogen-bond acceptors (Lipinski definition) is 3. The van der Waals surface area contributed by atoms with Crippen LogP contribution in [-0.4, -0.2) is 16.8 Å². The number of aromatic nitrogens is 2. The molecule has 0 radical (unpaired) electrons. The van der Waals surface area contributed by atoms with E-state index in [-0.39, 0.29) is 6.79 Å². The minimum atomic E-state index is 0.245. The van der Waals surface area contributed by atoms with Crippen LogP contribution in [0.2, 0.25) is 10.0 Å². The summed E-state index contributed by atoms with van der Waals surface area (Å²) in [5.41, 5.74) is 3.31. The molecular weight excluding hydrogens is 323 g/mol. The van der Waals surface area contributed by atoms with E-state index in [1.807, 2.05) is 18.2 Å². The number of fused-ring (bicyclic) bond motifs is 1. The Labute approximate surface area is 136 Å². The molecule has 0 spiro atoms. The normalized spacial score (nSPS) is 12.6. The van der Waals surface area contributed by atoms with Crippen molar-refractivity contribution < 1.29 is 9.47 Å². The minimum Gasteiger partial charge on any atom is -0.454 e. The van der Waals surface area contributed by atoms with E-state index >= 15 is 0 Å². The summed E-state index contributed by atoms with van der Waals surface area (Å²) in [5.74, 6) is 1.46. The van der Waals surface area contributed by atoms with Crippen LogP contribution in [0.3, 0.4) is 0 Å². The number of hydrogen-bond donors (Lipinski definition) is 1. The lowest BCUT2D eigenvalue weighted by Gasteiger charge is -2.07. The van der Waals surface area contributed by atoms with Gasteiger partial charge in [-0.3, -0.25) is 0 Å². The number of imidazole rings is 1. The van der Waals surface area contributed by atoms with Crippen LogP contribution < -0.4 is 9.47 Å². The molecule has 0 atom stereocenters. The standard InChI is InChI=1S/C16H10Cl2N2O2/c17-10-2-3-12(18)11(6-10)16-15(19-7-20-16)9-1-4-13-14(5-9)22-8-21-13/h1-7H,8H2,(H,19,20). The van der Waals surface area contributed by atoms with Crippen molar-refractivity contribution in [2.75, 3.05) is 6.79 Å². The van der Waals surface area contributed by atoms with E-state index in [2.05, 4.69) is 9.97 Å². The highest BCUT2D eigenvalue weighted by Gasteiger charge is 2.18. The van der Waals surface area contributed by atoms with Crippen molar-refractivity contribution in [1.29, 1.82) is 0 Å². The lowest BCUT2D eigenvalue weighted by atomic mass is 10.0. The van der Waals surface area contributed by atoms with Crippen molar-refractivity contribution >= 4 is 23.2 Å². The number of halogens is 2. The summed E-state index contributed by atoms with van der Waals surface area (Å²) < 4.78 is 10.8. The average molecular weight is 333 g/mol. The Bertz CT molecular complexity index is 861. The summed E-state index contributed by atoms with van der Waals surface area (Å²) in [6.07, 6.45) is 1.63. The van der Waals surface area contributed by atoms with Gasteiger partial charge >= 0.3 is 0 Å². The molecule has 1 aromatic heterocycles. The molecule has 0 fully saturated rings. The first-order valence-electron chi connectivity index (χ1n) is 6.61. The molecule has 6 heteroatoms. The summed E-state index contributed by atoms with van der Waals surface area (Å²) >= 11 is 12.4. The van der Waals surface area contributed by atoms with E-state index in [0.29, 0.717) is 10.0 Å². The largest absolute Gasteiger partial charge is 0.454 e. The topological polar surface area (TPSA) is 47.1 Å². The summed E-state index contributed by atoms with van der Waals surface area (Å²) in [6.45, 7) is 0.245. The zero-order valence-corrected chi connectivity index (χ0v) is 12.8. The second kappa shape index (κ2) is 5.23. The smallest absolute Gasteiger partial charge is 0.231 e. The molecule has 0 amide bonds. The number of nitrogens with zero attached hydrogens (tertiary/aromatic N) is 1. The van der Waals surface area contributed by atoms with Gasteiger partial charge in [0.1, 0.15) is 0 Å². The molecule has 3 aromatic rings. The fourth-order valence-electron chi connectivity index (χ4n) is 2.45. The third-order valence-corrected chi connectivity index (χ3v) is 4.05. The molecule has 1 aliphatic heterocycles. The number of rotatable bonds is 2. The van der Waals surface area contributed by atoms with Gasteiger partial charge in [-0.25, -0.2) is 4.98 Å². The fraction of sp³-hybridized carbons (Fsp3) is 0.0625. The Balaban J connectivity index is 1.85. The molecule has 0 bridgehead atoms. The Kier molecular flexibility index (Phi) is 3.21. The van der Waals surface area contributed by atoms with E-state index in [1.165, 1.54) is 0 Å². The van der Waals surface area contributed by atoms with Crippen molar-refractivity contribution in [3.63, 3.8) is 0 Å². The van der Waals surface area contributed by atoms with Crippen molar-refractivity contribution in [1.82, 2.24) is 9.97 Å². The number of benzene rings is 2. The van der Waals surface area contributed by atoms with Crippen molar-refractivity contribution in [2.45, 2.75) is 0 Å². The van der Waals surface area contributed by atoms with E-state index < -0.39 is 0 Å². The second-order valence-corrected chi connectivity index (χ2v) is 5.66. The van der Waals surface area contributed by atoms with Crippen LogP contribution in [-0.2, 0) is 0 Å². The fourth-order valence-corrected chi connectivity index (χ4v) is 2.83. The molecular formula is C16H10Cl2N2O2. The molecule has 0 saturated carbocycles. The predicted octanol–water partition coefficient (Wildman–Crippen LogP) is 4.78. The summed E-state index contributed by atoms with van der Waals surface area (Å²) in [6, 6.07) is 11.1. The van der Waals surface area contributed by atoms with E-state index in [1.54, 1.807) is 24.5 Å². The van der Waals surface area contributed by atoms with Crippen molar-refractivity contribution in [3.05, 3.63) is 52.8 Å². The molecule has 0 saturated heterocycles. The van der Waals surface area contributed by atoms with E-state index in [9.17, 15) is 0 Å². The van der Waals surface area contributed by atoms with Gasteiger partial charge in [0, 0.05) is 16.1 Å². The third-order valence-electron chi connectivity index (χ3n) is 3.48. The number of nitrogens with one attached hydrogen (secondary N) is 1. The zero-order valence-electron chi connectivity index (χ0n) is 11.3. The van der Waals surface area contributed by atoms with Crippen LogP contribution in [0, 0.1) is 0 Å². The van der Waals surface area contributed by atoms with Gasteiger partial charge in [0.25, 0.3) is 0 Å². The van der Waals surface area contributed by atoms with Gasteiger partial charge in [-0.1, -0.05) is 23.2 Å². The first-order chi connectivity index (χ1) is 10.7. The highest BCUT2D eigenvalue weighted by molar-refractivity contribution is 6.35. The number of ether oxygens (including phenoxy) is 2. The molecule has 0 unspecified atom stereocenters.